The van der Waals surface area contributed by atoms with Crippen LogP contribution >= 0.6 is 0 Å². The first-order valence-electron chi connectivity index (χ1n) is 5.32. The van der Waals surface area contributed by atoms with E-state index in [0.717, 1.165) is 25.3 Å². The Morgan fingerprint density at radius 2 is 1.73 bits per heavy atom. The van der Waals surface area contributed by atoms with E-state index in [4.69, 9.17) is 0 Å². The summed E-state index contributed by atoms with van der Waals surface area (Å²) in [6.45, 7) is 3.29. The first-order valence-corrected chi connectivity index (χ1v) is 5.32. The quantitative estimate of drug-likeness (QED) is 0.725. The van der Waals surface area contributed by atoms with E-state index < -0.39 is 24.1 Å². The Bertz CT molecular complexity index is 218. The molecule has 1 N–H and O–H groups in total. The molecule has 0 spiro atoms. The molecule has 1 atom stereocenters. The average Bonchev–Trinajstić information content (AvgIpc) is 2.18. The predicted octanol–water partition coefficient (Wildman–Crippen LogP) is 3.44. The van der Waals surface area contributed by atoms with Crippen LogP contribution in [-0.4, -0.2) is 16.9 Å². The van der Waals surface area contributed by atoms with Gasteiger partial charge in [0.05, 0.1) is 0 Å². The summed E-state index contributed by atoms with van der Waals surface area (Å²) in [5, 5.41) is 9.78. The molecular weight excluding hydrogens is 205 g/mol. The van der Waals surface area contributed by atoms with Gasteiger partial charge in [0.25, 0.3) is 0 Å². The fraction of sp³-hybridized carbons (Fsp3) is 0.818. The van der Waals surface area contributed by atoms with Crippen LogP contribution in [-0.2, 0) is 0 Å². The summed E-state index contributed by atoms with van der Waals surface area (Å²) in [7, 11) is 0. The fourth-order valence-corrected chi connectivity index (χ4v) is 2.31. The maximum atomic E-state index is 12.8. The minimum absolute atomic E-state index is 0.402. The Morgan fingerprint density at radius 3 is 2.13 bits per heavy atom. The lowest BCUT2D eigenvalue weighted by atomic mass is 9.75. The molecule has 1 aliphatic rings. The maximum absolute atomic E-state index is 12.8. The number of hydrogen-bond donors (Lipinski definition) is 1. The second kappa shape index (κ2) is 4.56. The highest BCUT2D eigenvalue weighted by Crippen LogP contribution is 2.44. The Hall–Kier alpha value is -0.510. The van der Waals surface area contributed by atoms with Gasteiger partial charge in [-0.25, -0.2) is 0 Å². The minimum Gasteiger partial charge on any atom is -0.380 e. The third kappa shape index (κ3) is 2.54. The molecule has 0 aromatic rings. The Balaban J connectivity index is 2.83. The highest BCUT2D eigenvalue weighted by molar-refractivity contribution is 4.98. The molecule has 88 valence electrons. The first kappa shape index (κ1) is 12.6. The average molecular weight is 222 g/mol. The number of rotatable bonds is 3. The first-order chi connectivity index (χ1) is 6.92. The maximum Gasteiger partial charge on any atom is 0.417 e. The molecule has 0 bridgehead atoms. The molecule has 1 aliphatic carbocycles. The van der Waals surface area contributed by atoms with Crippen molar-refractivity contribution < 1.29 is 18.3 Å². The molecule has 1 saturated carbocycles. The van der Waals surface area contributed by atoms with Crippen molar-refractivity contribution in [3.63, 3.8) is 0 Å². The molecule has 1 nitrogen and oxygen atoms in total. The van der Waals surface area contributed by atoms with Gasteiger partial charge >= 0.3 is 6.18 Å². The molecule has 0 heterocycles. The molecule has 0 aromatic carbocycles. The van der Waals surface area contributed by atoms with Crippen LogP contribution in [0.4, 0.5) is 13.2 Å². The zero-order chi connectivity index (χ0) is 11.5. The van der Waals surface area contributed by atoms with Crippen LogP contribution in [0.15, 0.2) is 12.7 Å². The van der Waals surface area contributed by atoms with E-state index in [2.05, 4.69) is 6.58 Å². The summed E-state index contributed by atoms with van der Waals surface area (Å²) < 4.78 is 38.3. The monoisotopic (exact) mass is 222 g/mol. The molecule has 0 saturated heterocycles. The van der Waals surface area contributed by atoms with Gasteiger partial charge in [0, 0.05) is 6.42 Å². The normalized spacial score (nSPS) is 23.5. The smallest absolute Gasteiger partial charge is 0.380 e. The molecule has 0 radical (unpaired) electrons. The summed E-state index contributed by atoms with van der Waals surface area (Å²) in [5.74, 6) is -0.663. The molecule has 0 amide bonds. The molecule has 1 rings (SSSR count). The Labute approximate surface area is 88.0 Å². The molecule has 15 heavy (non-hydrogen) atoms. The Kier molecular flexibility index (Phi) is 3.82. The van der Waals surface area contributed by atoms with Gasteiger partial charge in [0.1, 0.15) is 0 Å². The standard InChI is InChI=1S/C11H17F3O/c1-2-8-10(15,11(12,13)14)9-6-4-3-5-7-9/h2,9,15H,1,3-8H2/t10-/m1/s1. The van der Waals surface area contributed by atoms with Gasteiger partial charge in [0.2, 0.25) is 0 Å². The zero-order valence-electron chi connectivity index (χ0n) is 8.69. The van der Waals surface area contributed by atoms with Gasteiger partial charge in [-0.3, -0.25) is 0 Å². The third-order valence-electron chi connectivity index (χ3n) is 3.23. The summed E-state index contributed by atoms with van der Waals surface area (Å²) in [4.78, 5) is 0. The Morgan fingerprint density at radius 1 is 1.20 bits per heavy atom. The van der Waals surface area contributed by atoms with E-state index in [1.54, 1.807) is 0 Å². The minimum atomic E-state index is -4.55. The van der Waals surface area contributed by atoms with E-state index in [1.165, 1.54) is 0 Å². The van der Waals surface area contributed by atoms with Crippen molar-refractivity contribution >= 4 is 0 Å². The van der Waals surface area contributed by atoms with E-state index in [1.807, 2.05) is 0 Å². The third-order valence-corrected chi connectivity index (χ3v) is 3.23. The van der Waals surface area contributed by atoms with E-state index in [-0.39, 0.29) is 0 Å². The lowest BCUT2D eigenvalue weighted by Crippen LogP contribution is -2.51. The predicted molar refractivity (Wildman–Crippen MR) is 52.4 cm³/mol. The second-order valence-corrected chi connectivity index (χ2v) is 4.25. The van der Waals surface area contributed by atoms with Crippen LogP contribution in [0.5, 0.6) is 0 Å². The van der Waals surface area contributed by atoms with Crippen LogP contribution in [0.1, 0.15) is 38.5 Å². The van der Waals surface area contributed by atoms with Gasteiger partial charge < -0.3 is 5.11 Å². The number of halogens is 3. The van der Waals surface area contributed by atoms with E-state index in [9.17, 15) is 18.3 Å². The molecule has 4 heteroatoms. The summed E-state index contributed by atoms with van der Waals surface area (Å²) in [5.41, 5.74) is -2.56. The van der Waals surface area contributed by atoms with Crippen molar-refractivity contribution in [2.75, 3.05) is 0 Å². The lowest BCUT2D eigenvalue weighted by molar-refractivity contribution is -0.281. The second-order valence-electron chi connectivity index (χ2n) is 4.25. The fourth-order valence-electron chi connectivity index (χ4n) is 2.31. The SMILES string of the molecule is C=CC[C@@](O)(C1CCCCC1)C(F)(F)F. The van der Waals surface area contributed by atoms with Gasteiger partial charge in [-0.2, -0.15) is 13.2 Å². The van der Waals surface area contributed by atoms with Crippen molar-refractivity contribution in [2.45, 2.75) is 50.3 Å². The van der Waals surface area contributed by atoms with E-state index in [0.29, 0.717) is 12.8 Å². The molecule has 0 aliphatic heterocycles. The summed E-state index contributed by atoms with van der Waals surface area (Å²) in [6, 6.07) is 0. The highest BCUT2D eigenvalue weighted by atomic mass is 19.4. The molecular formula is C11H17F3O. The van der Waals surface area contributed by atoms with Crippen LogP contribution in [0, 0.1) is 5.92 Å². The summed E-state index contributed by atoms with van der Waals surface area (Å²) in [6.07, 6.45) is -0.348. The van der Waals surface area contributed by atoms with Gasteiger partial charge in [-0.15, -0.1) is 6.58 Å². The van der Waals surface area contributed by atoms with Crippen molar-refractivity contribution in [3.8, 4) is 0 Å². The lowest BCUT2D eigenvalue weighted by Gasteiger charge is -2.39. The molecule has 1 fully saturated rings. The van der Waals surface area contributed by atoms with Gasteiger partial charge in [0.15, 0.2) is 5.60 Å². The van der Waals surface area contributed by atoms with Crippen LogP contribution < -0.4 is 0 Å². The molecule has 0 unspecified atom stereocenters. The number of hydrogen-bond acceptors (Lipinski definition) is 1. The number of aliphatic hydroxyl groups is 1. The van der Waals surface area contributed by atoms with E-state index >= 15 is 0 Å². The topological polar surface area (TPSA) is 20.2 Å². The van der Waals surface area contributed by atoms with Gasteiger partial charge in [-0.1, -0.05) is 25.3 Å². The van der Waals surface area contributed by atoms with Crippen molar-refractivity contribution in [3.05, 3.63) is 12.7 Å². The summed E-state index contributed by atoms with van der Waals surface area (Å²) >= 11 is 0. The molecule has 0 aromatic heterocycles. The van der Waals surface area contributed by atoms with Crippen molar-refractivity contribution in [1.29, 1.82) is 0 Å². The van der Waals surface area contributed by atoms with Crippen molar-refractivity contribution in [1.82, 2.24) is 0 Å². The largest absolute Gasteiger partial charge is 0.417 e. The number of alkyl halides is 3. The van der Waals surface area contributed by atoms with Crippen molar-refractivity contribution in [2.24, 2.45) is 5.92 Å². The van der Waals surface area contributed by atoms with Gasteiger partial charge in [-0.05, 0) is 18.8 Å². The van der Waals surface area contributed by atoms with Crippen LogP contribution in [0.25, 0.3) is 0 Å². The zero-order valence-corrected chi connectivity index (χ0v) is 8.69. The highest BCUT2D eigenvalue weighted by Gasteiger charge is 2.57. The van der Waals surface area contributed by atoms with Crippen LogP contribution in [0.2, 0.25) is 0 Å². The van der Waals surface area contributed by atoms with Crippen LogP contribution in [0.3, 0.4) is 0 Å².